The smallest absolute Gasteiger partial charge is 0.235 e. The highest BCUT2D eigenvalue weighted by molar-refractivity contribution is 9.10. The fourth-order valence-electron chi connectivity index (χ4n) is 2.86. The minimum atomic E-state index is -0.655. The lowest BCUT2D eigenvalue weighted by Gasteiger charge is -2.27. The van der Waals surface area contributed by atoms with Crippen LogP contribution in [-0.4, -0.2) is 20.3 Å². The molecule has 1 aromatic carbocycles. The standard InChI is InChI=1S/C14H15BrClNO3/c1-19-12-9(15)7-10(16)11(13(12)20-2)14(17-8-18)5-3-4-6-14/h7H,3-6H2,1-2H3. The molecule has 0 radical (unpaired) electrons. The van der Waals surface area contributed by atoms with Crippen molar-refractivity contribution in [2.75, 3.05) is 14.2 Å². The number of carbonyl (C=O) groups excluding carboxylic acids is 1. The van der Waals surface area contributed by atoms with Crippen molar-refractivity contribution in [1.29, 1.82) is 0 Å². The molecule has 108 valence electrons. The van der Waals surface area contributed by atoms with E-state index in [9.17, 15) is 4.79 Å². The minimum Gasteiger partial charge on any atom is -0.492 e. The van der Waals surface area contributed by atoms with Crippen molar-refractivity contribution in [3.63, 3.8) is 0 Å². The van der Waals surface area contributed by atoms with E-state index in [0.29, 0.717) is 26.6 Å². The molecule has 6 heteroatoms. The third-order valence-electron chi connectivity index (χ3n) is 3.71. The zero-order valence-corrected chi connectivity index (χ0v) is 13.7. The summed E-state index contributed by atoms with van der Waals surface area (Å²) in [5, 5.41) is 0.510. The maximum Gasteiger partial charge on any atom is 0.235 e. The zero-order valence-electron chi connectivity index (χ0n) is 11.3. The Kier molecular flexibility index (Phi) is 4.74. The highest BCUT2D eigenvalue weighted by Gasteiger charge is 2.41. The second-order valence-corrected chi connectivity index (χ2v) is 5.99. The molecule has 0 saturated heterocycles. The third kappa shape index (κ3) is 2.46. The molecular formula is C14H15BrClNO3. The number of halogens is 2. The Bertz CT molecular complexity index is 564. The summed E-state index contributed by atoms with van der Waals surface area (Å²) in [6, 6.07) is 1.75. The molecule has 0 amide bonds. The molecule has 0 unspecified atom stereocenters. The molecule has 20 heavy (non-hydrogen) atoms. The van der Waals surface area contributed by atoms with Crippen LogP contribution in [0.3, 0.4) is 0 Å². The highest BCUT2D eigenvalue weighted by atomic mass is 79.9. The maximum absolute atomic E-state index is 10.9. The number of nitrogens with zero attached hydrogens (tertiary/aromatic N) is 1. The Balaban J connectivity index is 2.74. The monoisotopic (exact) mass is 359 g/mol. The lowest BCUT2D eigenvalue weighted by molar-refractivity contribution is 0.336. The second kappa shape index (κ2) is 6.17. The summed E-state index contributed by atoms with van der Waals surface area (Å²) in [4.78, 5) is 14.9. The largest absolute Gasteiger partial charge is 0.492 e. The molecule has 1 aliphatic carbocycles. The Morgan fingerprint density at radius 3 is 2.40 bits per heavy atom. The number of methoxy groups -OCH3 is 2. The molecule has 0 spiro atoms. The summed E-state index contributed by atoms with van der Waals surface area (Å²) < 4.78 is 11.6. The topological polar surface area (TPSA) is 47.9 Å². The van der Waals surface area contributed by atoms with E-state index < -0.39 is 5.54 Å². The number of isocyanates is 1. The SMILES string of the molecule is COc1c(Br)cc(Cl)c(C2(N=C=O)CCCC2)c1OC. The van der Waals surface area contributed by atoms with Crippen molar-refractivity contribution in [2.24, 2.45) is 4.99 Å². The Hall–Kier alpha value is -1.03. The summed E-state index contributed by atoms with van der Waals surface area (Å²) in [6.07, 6.45) is 5.17. The van der Waals surface area contributed by atoms with Crippen LogP contribution in [0.2, 0.25) is 5.02 Å². The van der Waals surface area contributed by atoms with Crippen molar-refractivity contribution in [3.05, 3.63) is 21.1 Å². The van der Waals surface area contributed by atoms with Crippen molar-refractivity contribution < 1.29 is 14.3 Å². The first-order chi connectivity index (χ1) is 9.59. The van der Waals surface area contributed by atoms with E-state index in [1.54, 1.807) is 26.4 Å². The quantitative estimate of drug-likeness (QED) is 0.596. The summed E-state index contributed by atoms with van der Waals surface area (Å²) in [5.74, 6) is 1.08. The lowest BCUT2D eigenvalue weighted by atomic mass is 9.87. The van der Waals surface area contributed by atoms with E-state index >= 15 is 0 Å². The van der Waals surface area contributed by atoms with Crippen LogP contribution in [-0.2, 0) is 10.3 Å². The first-order valence-electron chi connectivity index (χ1n) is 6.29. The predicted octanol–water partition coefficient (Wildman–Crippen LogP) is 4.22. The first-order valence-corrected chi connectivity index (χ1v) is 7.46. The first kappa shape index (κ1) is 15.4. The van der Waals surface area contributed by atoms with Gasteiger partial charge in [-0.05, 0) is 34.8 Å². The molecule has 0 aliphatic heterocycles. The van der Waals surface area contributed by atoms with Crippen LogP contribution in [0.5, 0.6) is 11.5 Å². The minimum absolute atomic E-state index is 0.510. The lowest BCUT2D eigenvalue weighted by Crippen LogP contribution is -2.21. The fourth-order valence-corrected chi connectivity index (χ4v) is 3.94. The molecule has 1 aliphatic rings. The van der Waals surface area contributed by atoms with Crippen molar-refractivity contribution in [1.82, 2.24) is 0 Å². The van der Waals surface area contributed by atoms with E-state index in [2.05, 4.69) is 20.9 Å². The molecule has 2 rings (SSSR count). The zero-order chi connectivity index (χ0) is 14.8. The number of ether oxygens (including phenoxy) is 2. The van der Waals surface area contributed by atoms with Gasteiger partial charge in [-0.3, -0.25) is 0 Å². The normalized spacial score (nSPS) is 16.6. The van der Waals surface area contributed by atoms with Gasteiger partial charge >= 0.3 is 0 Å². The third-order valence-corrected chi connectivity index (χ3v) is 4.59. The van der Waals surface area contributed by atoms with Gasteiger partial charge in [0.1, 0.15) is 5.54 Å². The van der Waals surface area contributed by atoms with Gasteiger partial charge in [-0.15, -0.1) is 0 Å². The van der Waals surface area contributed by atoms with Crippen LogP contribution in [0.25, 0.3) is 0 Å². The van der Waals surface area contributed by atoms with Gasteiger partial charge in [-0.25, -0.2) is 4.79 Å². The van der Waals surface area contributed by atoms with Crippen molar-refractivity contribution >= 4 is 33.6 Å². The Morgan fingerprint density at radius 1 is 1.30 bits per heavy atom. The van der Waals surface area contributed by atoms with E-state index in [4.69, 9.17) is 21.1 Å². The summed E-state index contributed by atoms with van der Waals surface area (Å²) >= 11 is 9.79. The molecule has 0 atom stereocenters. The predicted molar refractivity (Wildman–Crippen MR) is 80.5 cm³/mol. The number of rotatable bonds is 4. The summed E-state index contributed by atoms with van der Waals surface area (Å²) in [6.45, 7) is 0. The second-order valence-electron chi connectivity index (χ2n) is 4.72. The van der Waals surface area contributed by atoms with Crippen LogP contribution in [0, 0.1) is 0 Å². The molecule has 1 fully saturated rings. The van der Waals surface area contributed by atoms with Gasteiger partial charge in [0.05, 0.1) is 23.7 Å². The van der Waals surface area contributed by atoms with Crippen LogP contribution >= 0.6 is 27.5 Å². The molecule has 1 saturated carbocycles. The van der Waals surface area contributed by atoms with Gasteiger partial charge in [0.2, 0.25) is 6.08 Å². The number of aliphatic imine (C=N–C) groups is 1. The molecule has 1 aromatic rings. The van der Waals surface area contributed by atoms with Gasteiger partial charge < -0.3 is 9.47 Å². The van der Waals surface area contributed by atoms with E-state index in [1.807, 2.05) is 0 Å². The average Bonchev–Trinajstić information content (AvgIpc) is 2.87. The van der Waals surface area contributed by atoms with E-state index in [-0.39, 0.29) is 0 Å². The summed E-state index contributed by atoms with van der Waals surface area (Å²) in [7, 11) is 3.11. The van der Waals surface area contributed by atoms with Gasteiger partial charge in [-0.1, -0.05) is 24.4 Å². The van der Waals surface area contributed by atoms with Crippen LogP contribution in [0.15, 0.2) is 15.5 Å². The molecule has 4 nitrogen and oxygen atoms in total. The van der Waals surface area contributed by atoms with E-state index in [0.717, 1.165) is 25.7 Å². The van der Waals surface area contributed by atoms with Gasteiger partial charge in [0.15, 0.2) is 11.5 Å². The fraction of sp³-hybridized carbons (Fsp3) is 0.500. The molecule has 0 bridgehead atoms. The van der Waals surface area contributed by atoms with Crippen LogP contribution in [0.4, 0.5) is 0 Å². The van der Waals surface area contributed by atoms with Crippen LogP contribution < -0.4 is 9.47 Å². The van der Waals surface area contributed by atoms with Crippen molar-refractivity contribution in [2.45, 2.75) is 31.2 Å². The highest BCUT2D eigenvalue weighted by Crippen LogP contribution is 2.53. The molecule has 0 aromatic heterocycles. The van der Waals surface area contributed by atoms with Crippen molar-refractivity contribution in [3.8, 4) is 11.5 Å². The Morgan fingerprint density at radius 2 is 1.90 bits per heavy atom. The Labute approximate surface area is 131 Å². The number of benzene rings is 1. The van der Waals surface area contributed by atoms with Gasteiger partial charge in [0, 0.05) is 5.56 Å². The summed E-state index contributed by atoms with van der Waals surface area (Å²) in [5.41, 5.74) is 0.0561. The van der Waals surface area contributed by atoms with E-state index in [1.165, 1.54) is 0 Å². The number of hydrogen-bond donors (Lipinski definition) is 0. The van der Waals surface area contributed by atoms with Crippen LogP contribution in [0.1, 0.15) is 31.2 Å². The molecule has 0 N–H and O–H groups in total. The average molecular weight is 361 g/mol. The maximum atomic E-state index is 10.9. The molecule has 0 heterocycles. The molecular weight excluding hydrogens is 346 g/mol. The van der Waals surface area contributed by atoms with Gasteiger partial charge in [0.25, 0.3) is 0 Å². The number of hydrogen-bond acceptors (Lipinski definition) is 4. The van der Waals surface area contributed by atoms with Gasteiger partial charge in [-0.2, -0.15) is 4.99 Å².